The van der Waals surface area contributed by atoms with Crippen molar-refractivity contribution < 1.29 is 19.0 Å². The number of ether oxygens (including phenoxy) is 3. The van der Waals surface area contributed by atoms with E-state index in [-0.39, 0.29) is 6.61 Å². The lowest BCUT2D eigenvalue weighted by Gasteiger charge is -2.19. The molecule has 0 spiro atoms. The maximum absolute atomic E-state index is 12.6. The lowest BCUT2D eigenvalue weighted by Crippen LogP contribution is -2.27. The zero-order valence-electron chi connectivity index (χ0n) is 19.1. The number of aromatic nitrogens is 3. The number of rotatable bonds is 5. The fourth-order valence-corrected chi connectivity index (χ4v) is 3.57. The molecule has 0 radical (unpaired) electrons. The molecule has 0 aliphatic rings. The van der Waals surface area contributed by atoms with Gasteiger partial charge in [-0.1, -0.05) is 23.2 Å². The first-order chi connectivity index (χ1) is 16.6. The summed E-state index contributed by atoms with van der Waals surface area (Å²) >= 11 is 12.3. The van der Waals surface area contributed by atoms with Gasteiger partial charge in [-0.2, -0.15) is 15.0 Å². The molecule has 4 rings (SSSR count). The summed E-state index contributed by atoms with van der Waals surface area (Å²) in [6.07, 6.45) is 2.59. The summed E-state index contributed by atoms with van der Waals surface area (Å²) in [5.41, 5.74) is 0.750. The topological polar surface area (TPSA) is 99.3 Å². The molecule has 2 heterocycles. The first kappa shape index (κ1) is 24.3. The van der Waals surface area contributed by atoms with Crippen LogP contribution in [0.2, 0.25) is 10.0 Å². The molecule has 0 N–H and O–H groups in total. The molecule has 8 nitrogen and oxygen atoms in total. The van der Waals surface area contributed by atoms with Gasteiger partial charge in [0.15, 0.2) is 0 Å². The lowest BCUT2D eigenvalue weighted by atomic mass is 10.2. The highest BCUT2D eigenvalue weighted by Crippen LogP contribution is 2.34. The minimum atomic E-state index is -0.671. The van der Waals surface area contributed by atoms with Crippen molar-refractivity contribution in [2.75, 3.05) is 0 Å². The van der Waals surface area contributed by atoms with Crippen molar-refractivity contribution in [2.45, 2.75) is 33.0 Å². The van der Waals surface area contributed by atoms with Gasteiger partial charge < -0.3 is 14.2 Å². The second-order valence-electron chi connectivity index (χ2n) is 8.50. The van der Waals surface area contributed by atoms with Crippen LogP contribution >= 0.6 is 23.2 Å². The van der Waals surface area contributed by atoms with Gasteiger partial charge in [-0.05, 0) is 57.2 Å². The number of carbonyl (C=O) groups excluding carboxylic acids is 1. The van der Waals surface area contributed by atoms with E-state index < -0.39 is 11.7 Å². The van der Waals surface area contributed by atoms with Gasteiger partial charge in [-0.25, -0.2) is 4.79 Å². The van der Waals surface area contributed by atoms with E-state index in [1.54, 1.807) is 69.6 Å². The van der Waals surface area contributed by atoms with E-state index >= 15 is 0 Å². The average Bonchev–Trinajstić information content (AvgIpc) is 3.17. The van der Waals surface area contributed by atoms with Crippen LogP contribution in [0.5, 0.6) is 17.2 Å². The van der Waals surface area contributed by atoms with Crippen LogP contribution in [0.15, 0.2) is 54.9 Å². The Morgan fingerprint density at radius 3 is 2.66 bits per heavy atom. The van der Waals surface area contributed by atoms with Crippen LogP contribution in [0.1, 0.15) is 32.0 Å². The Balaban J connectivity index is 1.57. The highest BCUT2D eigenvalue weighted by Gasteiger charge is 2.22. The van der Waals surface area contributed by atoms with Gasteiger partial charge in [-0.15, -0.1) is 0 Å². The maximum Gasteiger partial charge on any atom is 0.435 e. The molecule has 0 aliphatic heterocycles. The van der Waals surface area contributed by atoms with E-state index in [1.807, 2.05) is 6.07 Å². The van der Waals surface area contributed by atoms with E-state index in [2.05, 4.69) is 10.1 Å². The van der Waals surface area contributed by atoms with Crippen LogP contribution in [0, 0.1) is 11.3 Å². The molecule has 0 unspecified atom stereocenters. The van der Waals surface area contributed by atoms with Gasteiger partial charge in [0.05, 0.1) is 22.2 Å². The molecule has 0 saturated heterocycles. The molecule has 178 valence electrons. The summed E-state index contributed by atoms with van der Waals surface area (Å²) in [6.45, 7) is 5.40. The van der Waals surface area contributed by atoms with Crippen LogP contribution in [-0.4, -0.2) is 26.5 Å². The van der Waals surface area contributed by atoms with Crippen molar-refractivity contribution in [3.63, 3.8) is 0 Å². The van der Waals surface area contributed by atoms with Gasteiger partial charge in [-0.3, -0.25) is 4.98 Å². The standard InChI is InChI=1S/C25H20Cl2N4O4/c1-25(2,3)35-24(32)31-22-6-7-29-13-19(22)21(30-31)14-33-17-4-5-20(27)23(11-17)34-18-9-15(12-28)8-16(26)10-18/h4-11,13H,14H2,1-3H3. The van der Waals surface area contributed by atoms with E-state index in [9.17, 15) is 4.79 Å². The third kappa shape index (κ3) is 5.83. The number of nitriles is 1. The van der Waals surface area contributed by atoms with Gasteiger partial charge in [0.2, 0.25) is 0 Å². The van der Waals surface area contributed by atoms with Crippen LogP contribution in [0.3, 0.4) is 0 Å². The third-order valence-corrected chi connectivity index (χ3v) is 5.16. The molecule has 0 saturated carbocycles. The van der Waals surface area contributed by atoms with Crippen molar-refractivity contribution in [3.05, 3.63) is 76.2 Å². The highest BCUT2D eigenvalue weighted by molar-refractivity contribution is 6.32. The fraction of sp³-hybridized carbons (Fsp3) is 0.200. The smallest absolute Gasteiger partial charge is 0.435 e. The summed E-state index contributed by atoms with van der Waals surface area (Å²) < 4.78 is 18.4. The summed E-state index contributed by atoms with van der Waals surface area (Å²) in [5, 5.41) is 14.9. The van der Waals surface area contributed by atoms with Gasteiger partial charge >= 0.3 is 6.09 Å². The third-order valence-electron chi connectivity index (χ3n) is 4.63. The van der Waals surface area contributed by atoms with Crippen molar-refractivity contribution >= 4 is 40.2 Å². The summed E-state index contributed by atoms with van der Waals surface area (Å²) in [7, 11) is 0. The van der Waals surface area contributed by atoms with E-state index in [0.29, 0.717) is 49.5 Å². The van der Waals surface area contributed by atoms with Crippen molar-refractivity contribution in [3.8, 4) is 23.3 Å². The van der Waals surface area contributed by atoms with E-state index in [4.69, 9.17) is 42.7 Å². The minimum absolute atomic E-state index is 0.0504. The molecule has 0 bridgehead atoms. The predicted octanol–water partition coefficient (Wildman–Crippen LogP) is 6.76. The Hall–Kier alpha value is -3.80. The monoisotopic (exact) mass is 510 g/mol. The van der Waals surface area contributed by atoms with Crippen molar-refractivity contribution in [2.24, 2.45) is 0 Å². The summed E-state index contributed by atoms with van der Waals surface area (Å²) in [5.74, 6) is 1.14. The van der Waals surface area contributed by atoms with Crippen molar-refractivity contribution in [1.29, 1.82) is 5.26 Å². The molecular weight excluding hydrogens is 491 g/mol. The number of hydrogen-bond acceptors (Lipinski definition) is 7. The molecule has 2 aromatic carbocycles. The van der Waals surface area contributed by atoms with E-state index in [0.717, 1.165) is 0 Å². The average molecular weight is 511 g/mol. The molecule has 35 heavy (non-hydrogen) atoms. The van der Waals surface area contributed by atoms with Gasteiger partial charge in [0.25, 0.3) is 0 Å². The Bertz CT molecular complexity index is 1450. The Morgan fingerprint density at radius 1 is 1.11 bits per heavy atom. The number of nitrogens with zero attached hydrogens (tertiary/aromatic N) is 4. The van der Waals surface area contributed by atoms with Crippen LogP contribution < -0.4 is 9.47 Å². The summed E-state index contributed by atoms with van der Waals surface area (Å²) in [4.78, 5) is 16.8. The molecule has 4 aromatic rings. The number of pyridine rings is 1. The number of halogens is 2. The first-order valence-electron chi connectivity index (χ1n) is 10.5. The van der Waals surface area contributed by atoms with Crippen LogP contribution in [0.4, 0.5) is 4.79 Å². The van der Waals surface area contributed by atoms with Gasteiger partial charge in [0, 0.05) is 28.9 Å². The molecule has 10 heteroatoms. The number of carbonyl (C=O) groups is 1. The summed E-state index contributed by atoms with van der Waals surface area (Å²) in [6, 6.07) is 13.3. The number of fused-ring (bicyclic) bond motifs is 1. The molecule has 0 fully saturated rings. The van der Waals surface area contributed by atoms with E-state index in [1.165, 1.54) is 10.7 Å². The predicted molar refractivity (Wildman–Crippen MR) is 131 cm³/mol. The zero-order chi connectivity index (χ0) is 25.2. The van der Waals surface area contributed by atoms with Crippen LogP contribution in [-0.2, 0) is 11.3 Å². The van der Waals surface area contributed by atoms with Gasteiger partial charge in [0.1, 0.15) is 35.2 Å². The number of hydrogen-bond donors (Lipinski definition) is 0. The van der Waals surface area contributed by atoms with Crippen molar-refractivity contribution in [1.82, 2.24) is 14.8 Å². The largest absolute Gasteiger partial charge is 0.487 e. The van der Waals surface area contributed by atoms with Crippen LogP contribution in [0.25, 0.3) is 10.9 Å². The number of benzene rings is 2. The molecule has 0 amide bonds. The molecule has 2 aromatic heterocycles. The quantitative estimate of drug-likeness (QED) is 0.292. The first-order valence-corrected chi connectivity index (χ1v) is 11.2. The highest BCUT2D eigenvalue weighted by atomic mass is 35.5. The molecule has 0 aliphatic carbocycles. The normalized spacial score (nSPS) is 11.2. The zero-order valence-corrected chi connectivity index (χ0v) is 20.6. The fourth-order valence-electron chi connectivity index (χ4n) is 3.19. The minimum Gasteiger partial charge on any atom is -0.487 e. The second kappa shape index (κ2) is 9.82. The SMILES string of the molecule is CC(C)(C)OC(=O)n1nc(COc2ccc(Cl)c(Oc3cc(Cl)cc(C#N)c3)c2)c2cnccc21. The molecular formula is C25H20Cl2N4O4. The second-order valence-corrected chi connectivity index (χ2v) is 9.35. The molecule has 0 atom stereocenters. The maximum atomic E-state index is 12.6. The Kier molecular flexibility index (Phi) is 6.83. The lowest BCUT2D eigenvalue weighted by molar-refractivity contribution is 0.0521. The Labute approximate surface area is 211 Å². The Morgan fingerprint density at radius 2 is 1.91 bits per heavy atom.